The molecule has 0 unspecified atom stereocenters. The first-order valence-electron chi connectivity index (χ1n) is 8.23. The van der Waals surface area contributed by atoms with Crippen molar-refractivity contribution < 1.29 is 9.59 Å². The molecule has 24 heavy (non-hydrogen) atoms. The van der Waals surface area contributed by atoms with Gasteiger partial charge in [0.25, 0.3) is 5.91 Å². The van der Waals surface area contributed by atoms with Crippen molar-refractivity contribution in [3.8, 4) is 0 Å². The molecule has 5 nitrogen and oxygen atoms in total. The summed E-state index contributed by atoms with van der Waals surface area (Å²) in [7, 11) is 0. The molecular weight excluding hydrogens is 322 g/mol. The fraction of sp³-hybridized carbons (Fsp3) is 0.389. The molecule has 1 N–H and O–H groups in total. The van der Waals surface area contributed by atoms with Crippen molar-refractivity contribution in [3.63, 3.8) is 0 Å². The monoisotopic (exact) mass is 343 g/mol. The molecule has 2 amide bonds. The van der Waals surface area contributed by atoms with Gasteiger partial charge < -0.3 is 10.2 Å². The number of thiophene rings is 1. The van der Waals surface area contributed by atoms with Crippen molar-refractivity contribution in [1.82, 2.24) is 15.2 Å². The second-order valence-corrected chi connectivity index (χ2v) is 6.96. The summed E-state index contributed by atoms with van der Waals surface area (Å²) in [5.41, 5.74) is 0.608. The SMILES string of the molecule is O=C(NCCc1cccs1)C1CCN(C(=O)c2cccnc2)CC1. The molecule has 0 spiro atoms. The third kappa shape index (κ3) is 4.20. The number of carbonyl (C=O) groups excluding carboxylic acids is 2. The standard InChI is InChI=1S/C18H21N3O2S/c22-17(20-9-5-16-4-2-12-24-16)14-6-10-21(11-7-14)18(23)15-3-1-8-19-13-15/h1-4,8,12-14H,5-7,9-11H2,(H,20,22). The second-order valence-electron chi connectivity index (χ2n) is 5.93. The molecule has 126 valence electrons. The number of nitrogens with zero attached hydrogens (tertiary/aromatic N) is 2. The quantitative estimate of drug-likeness (QED) is 0.906. The summed E-state index contributed by atoms with van der Waals surface area (Å²) in [5.74, 6) is 0.117. The van der Waals surface area contributed by atoms with E-state index in [1.165, 1.54) is 4.88 Å². The molecule has 1 aliphatic heterocycles. The van der Waals surface area contributed by atoms with Crippen molar-refractivity contribution in [2.24, 2.45) is 5.92 Å². The lowest BCUT2D eigenvalue weighted by Gasteiger charge is -2.31. The highest BCUT2D eigenvalue weighted by Crippen LogP contribution is 2.19. The second kappa shape index (κ2) is 8.06. The molecule has 0 atom stereocenters. The van der Waals surface area contributed by atoms with E-state index in [-0.39, 0.29) is 17.7 Å². The number of hydrogen-bond donors (Lipinski definition) is 1. The Morgan fingerprint density at radius 3 is 2.75 bits per heavy atom. The van der Waals surface area contributed by atoms with Crippen LogP contribution in [0.5, 0.6) is 0 Å². The first-order chi connectivity index (χ1) is 11.7. The maximum atomic E-state index is 12.4. The molecule has 0 aromatic carbocycles. The normalized spacial score (nSPS) is 15.2. The van der Waals surface area contributed by atoms with E-state index in [9.17, 15) is 9.59 Å². The minimum Gasteiger partial charge on any atom is -0.355 e. The number of aromatic nitrogens is 1. The predicted molar refractivity (Wildman–Crippen MR) is 93.9 cm³/mol. The Hall–Kier alpha value is -2.21. The molecule has 1 aliphatic rings. The van der Waals surface area contributed by atoms with E-state index in [1.54, 1.807) is 35.9 Å². The van der Waals surface area contributed by atoms with Gasteiger partial charge in [0.05, 0.1) is 5.56 Å². The molecule has 3 rings (SSSR count). The highest BCUT2D eigenvalue weighted by molar-refractivity contribution is 7.09. The maximum absolute atomic E-state index is 12.4. The molecule has 1 saturated heterocycles. The average Bonchev–Trinajstić information content (AvgIpc) is 3.15. The highest BCUT2D eigenvalue weighted by atomic mass is 32.1. The lowest BCUT2D eigenvalue weighted by atomic mass is 9.95. The zero-order chi connectivity index (χ0) is 16.8. The van der Waals surface area contributed by atoms with Crippen LogP contribution in [-0.4, -0.2) is 41.3 Å². The van der Waals surface area contributed by atoms with E-state index in [2.05, 4.69) is 16.4 Å². The van der Waals surface area contributed by atoms with Gasteiger partial charge in [-0.3, -0.25) is 14.6 Å². The number of piperidine rings is 1. The molecule has 0 saturated carbocycles. The highest BCUT2D eigenvalue weighted by Gasteiger charge is 2.27. The Morgan fingerprint density at radius 1 is 1.25 bits per heavy atom. The maximum Gasteiger partial charge on any atom is 0.255 e. The fourth-order valence-corrected chi connectivity index (χ4v) is 3.63. The van der Waals surface area contributed by atoms with E-state index in [1.807, 2.05) is 16.3 Å². The number of pyridine rings is 1. The fourth-order valence-electron chi connectivity index (χ4n) is 2.92. The minimum absolute atomic E-state index is 0.000321. The van der Waals surface area contributed by atoms with Crippen LogP contribution in [0.3, 0.4) is 0 Å². The van der Waals surface area contributed by atoms with Crippen LogP contribution < -0.4 is 5.32 Å². The van der Waals surface area contributed by atoms with Gasteiger partial charge in [0.15, 0.2) is 0 Å². The lowest BCUT2D eigenvalue weighted by molar-refractivity contribution is -0.126. The van der Waals surface area contributed by atoms with Crippen molar-refractivity contribution in [3.05, 3.63) is 52.5 Å². The van der Waals surface area contributed by atoms with Crippen LogP contribution in [-0.2, 0) is 11.2 Å². The van der Waals surface area contributed by atoms with Crippen molar-refractivity contribution in [2.75, 3.05) is 19.6 Å². The van der Waals surface area contributed by atoms with Crippen LogP contribution >= 0.6 is 11.3 Å². The largest absolute Gasteiger partial charge is 0.355 e. The zero-order valence-corrected chi connectivity index (χ0v) is 14.3. The van der Waals surface area contributed by atoms with Gasteiger partial charge in [0, 0.05) is 42.8 Å². The Bertz CT molecular complexity index is 665. The van der Waals surface area contributed by atoms with Gasteiger partial charge in [-0.05, 0) is 42.8 Å². The number of amides is 2. The van der Waals surface area contributed by atoms with E-state index in [0.29, 0.717) is 25.2 Å². The molecule has 3 heterocycles. The van der Waals surface area contributed by atoms with Crippen LogP contribution in [0.1, 0.15) is 28.1 Å². The minimum atomic E-state index is -0.000321. The first-order valence-corrected chi connectivity index (χ1v) is 9.11. The summed E-state index contributed by atoms with van der Waals surface area (Å²) < 4.78 is 0. The third-order valence-corrected chi connectivity index (χ3v) is 5.25. The van der Waals surface area contributed by atoms with E-state index < -0.39 is 0 Å². The Kier molecular flexibility index (Phi) is 5.59. The third-order valence-electron chi connectivity index (χ3n) is 4.31. The number of likely N-dealkylation sites (tertiary alicyclic amines) is 1. The summed E-state index contributed by atoms with van der Waals surface area (Å²) in [6, 6.07) is 7.65. The summed E-state index contributed by atoms with van der Waals surface area (Å²) in [5, 5.41) is 5.07. The molecule has 2 aromatic heterocycles. The topological polar surface area (TPSA) is 62.3 Å². The molecule has 0 aliphatic carbocycles. The number of nitrogens with one attached hydrogen (secondary N) is 1. The zero-order valence-electron chi connectivity index (χ0n) is 13.5. The Morgan fingerprint density at radius 2 is 2.08 bits per heavy atom. The van der Waals surface area contributed by atoms with E-state index in [0.717, 1.165) is 19.3 Å². The smallest absolute Gasteiger partial charge is 0.255 e. The summed E-state index contributed by atoms with van der Waals surface area (Å²) in [6.45, 7) is 1.92. The van der Waals surface area contributed by atoms with Gasteiger partial charge in [0.1, 0.15) is 0 Å². The van der Waals surface area contributed by atoms with Gasteiger partial charge in [0.2, 0.25) is 5.91 Å². The Labute approximate surface area is 145 Å². The van der Waals surface area contributed by atoms with Crippen LogP contribution in [0, 0.1) is 5.92 Å². The Balaban J connectivity index is 1.43. The molecule has 2 aromatic rings. The van der Waals surface area contributed by atoms with Crippen LogP contribution in [0.2, 0.25) is 0 Å². The van der Waals surface area contributed by atoms with Gasteiger partial charge >= 0.3 is 0 Å². The van der Waals surface area contributed by atoms with E-state index in [4.69, 9.17) is 0 Å². The number of carbonyl (C=O) groups is 2. The van der Waals surface area contributed by atoms with Crippen LogP contribution in [0.4, 0.5) is 0 Å². The van der Waals surface area contributed by atoms with Gasteiger partial charge in [-0.1, -0.05) is 6.07 Å². The summed E-state index contributed by atoms with van der Waals surface area (Å²) in [6.07, 6.45) is 5.56. The van der Waals surface area contributed by atoms with Crippen LogP contribution in [0.25, 0.3) is 0 Å². The molecule has 1 fully saturated rings. The summed E-state index contributed by atoms with van der Waals surface area (Å²) in [4.78, 5) is 31.7. The molecule has 0 bridgehead atoms. The molecule has 0 radical (unpaired) electrons. The summed E-state index contributed by atoms with van der Waals surface area (Å²) >= 11 is 1.71. The van der Waals surface area contributed by atoms with Gasteiger partial charge in [-0.2, -0.15) is 0 Å². The van der Waals surface area contributed by atoms with Gasteiger partial charge in [-0.15, -0.1) is 11.3 Å². The molecular formula is C18H21N3O2S. The van der Waals surface area contributed by atoms with Crippen LogP contribution in [0.15, 0.2) is 42.0 Å². The average molecular weight is 343 g/mol. The van der Waals surface area contributed by atoms with Crippen molar-refractivity contribution in [2.45, 2.75) is 19.3 Å². The lowest BCUT2D eigenvalue weighted by Crippen LogP contribution is -2.43. The molecule has 6 heteroatoms. The number of hydrogen-bond acceptors (Lipinski definition) is 4. The predicted octanol–water partition coefficient (Wildman–Crippen LogP) is 2.35. The number of rotatable bonds is 5. The van der Waals surface area contributed by atoms with E-state index >= 15 is 0 Å². The van der Waals surface area contributed by atoms with Crippen molar-refractivity contribution in [1.29, 1.82) is 0 Å². The van der Waals surface area contributed by atoms with Crippen molar-refractivity contribution >= 4 is 23.2 Å². The van der Waals surface area contributed by atoms with Gasteiger partial charge in [-0.25, -0.2) is 0 Å². The first kappa shape index (κ1) is 16.6.